The van der Waals surface area contributed by atoms with Gasteiger partial charge in [0.25, 0.3) is 5.91 Å². The van der Waals surface area contributed by atoms with Crippen molar-refractivity contribution in [2.75, 3.05) is 12.3 Å². The highest BCUT2D eigenvalue weighted by Gasteiger charge is 2.07. The van der Waals surface area contributed by atoms with E-state index in [0.29, 0.717) is 12.1 Å². The second-order valence-corrected chi connectivity index (χ2v) is 4.65. The number of nitrogens with one attached hydrogen (secondary N) is 2. The molecular weight excluding hydrogens is 256 g/mol. The Bertz CT molecular complexity index is 607. The van der Waals surface area contributed by atoms with Gasteiger partial charge in [-0.1, -0.05) is 0 Å². The molecule has 0 spiro atoms. The van der Waals surface area contributed by atoms with Crippen molar-refractivity contribution < 1.29 is 9.90 Å². The number of hydrogen-bond donors (Lipinski definition) is 4. The number of aryl methyl sites for hydroxylation is 2. The Hall–Kier alpha value is -2.50. The minimum Gasteiger partial charge on any atom is -0.506 e. The Morgan fingerprint density at radius 3 is 2.95 bits per heavy atom. The van der Waals surface area contributed by atoms with E-state index in [0.717, 1.165) is 24.1 Å². The molecule has 5 N–H and O–H groups in total. The van der Waals surface area contributed by atoms with E-state index in [1.165, 1.54) is 12.1 Å². The van der Waals surface area contributed by atoms with Crippen molar-refractivity contribution in [1.29, 1.82) is 0 Å². The van der Waals surface area contributed by atoms with Gasteiger partial charge in [-0.15, -0.1) is 0 Å². The first-order chi connectivity index (χ1) is 9.58. The monoisotopic (exact) mass is 274 g/mol. The lowest BCUT2D eigenvalue weighted by atomic mass is 10.1. The second-order valence-electron chi connectivity index (χ2n) is 4.65. The lowest BCUT2D eigenvalue weighted by Crippen LogP contribution is -2.24. The molecule has 0 unspecified atom stereocenters. The smallest absolute Gasteiger partial charge is 0.251 e. The van der Waals surface area contributed by atoms with Gasteiger partial charge in [-0.25, -0.2) is 0 Å². The maximum absolute atomic E-state index is 11.9. The summed E-state index contributed by atoms with van der Waals surface area (Å²) in [6, 6.07) is 4.47. The molecule has 1 aromatic heterocycles. The molecule has 0 aliphatic carbocycles. The first-order valence-corrected chi connectivity index (χ1v) is 6.43. The minimum atomic E-state index is -0.218. The van der Waals surface area contributed by atoms with Crippen molar-refractivity contribution in [2.24, 2.45) is 0 Å². The molecule has 0 aliphatic heterocycles. The number of carbonyl (C=O) groups is 1. The van der Waals surface area contributed by atoms with E-state index >= 15 is 0 Å². The molecule has 2 aromatic rings. The number of amides is 1. The van der Waals surface area contributed by atoms with Gasteiger partial charge in [-0.2, -0.15) is 5.10 Å². The third-order valence-electron chi connectivity index (χ3n) is 3.14. The molecule has 1 amide bonds. The van der Waals surface area contributed by atoms with E-state index < -0.39 is 0 Å². The maximum atomic E-state index is 11.9. The van der Waals surface area contributed by atoms with E-state index in [1.807, 2.05) is 6.92 Å². The van der Waals surface area contributed by atoms with E-state index in [9.17, 15) is 9.90 Å². The van der Waals surface area contributed by atoms with Gasteiger partial charge >= 0.3 is 0 Å². The first-order valence-electron chi connectivity index (χ1n) is 6.43. The van der Waals surface area contributed by atoms with Crippen molar-refractivity contribution >= 4 is 11.6 Å². The van der Waals surface area contributed by atoms with Gasteiger partial charge in [0, 0.05) is 17.8 Å². The molecule has 0 atom stereocenters. The number of phenolic OH excluding ortho intramolecular Hbond substituents is 1. The van der Waals surface area contributed by atoms with Crippen LogP contribution < -0.4 is 11.1 Å². The number of hydrogen-bond acceptors (Lipinski definition) is 4. The topological polar surface area (TPSA) is 104 Å². The molecule has 2 rings (SSSR count). The molecule has 6 heteroatoms. The van der Waals surface area contributed by atoms with Crippen LogP contribution in [-0.4, -0.2) is 27.8 Å². The van der Waals surface area contributed by atoms with Gasteiger partial charge in [-0.05, 0) is 43.5 Å². The summed E-state index contributed by atoms with van der Waals surface area (Å²) in [5.41, 5.74) is 8.36. The van der Waals surface area contributed by atoms with Crippen LogP contribution in [0.25, 0.3) is 0 Å². The molecule has 6 nitrogen and oxygen atoms in total. The van der Waals surface area contributed by atoms with Crippen LogP contribution in [-0.2, 0) is 6.42 Å². The van der Waals surface area contributed by atoms with Crippen molar-refractivity contribution in [3.63, 3.8) is 0 Å². The number of benzene rings is 1. The molecule has 0 fully saturated rings. The second kappa shape index (κ2) is 6.10. The van der Waals surface area contributed by atoms with Crippen LogP contribution in [0.1, 0.15) is 28.0 Å². The quantitative estimate of drug-likeness (QED) is 0.375. The summed E-state index contributed by atoms with van der Waals surface area (Å²) in [6.45, 7) is 2.53. The molecule has 0 saturated carbocycles. The number of rotatable bonds is 5. The summed E-state index contributed by atoms with van der Waals surface area (Å²) in [5.74, 6) is -0.295. The fraction of sp³-hybridized carbons (Fsp3) is 0.286. The molecule has 0 radical (unpaired) electrons. The van der Waals surface area contributed by atoms with Crippen LogP contribution in [0.2, 0.25) is 0 Å². The number of nitrogens with zero attached hydrogens (tertiary/aromatic N) is 1. The number of phenols is 1. The molecule has 1 heterocycles. The number of nitrogen functional groups attached to an aromatic ring is 1. The summed E-state index contributed by atoms with van der Waals surface area (Å²) in [7, 11) is 0. The number of aromatic nitrogens is 2. The molecule has 106 valence electrons. The third-order valence-corrected chi connectivity index (χ3v) is 3.14. The first kappa shape index (κ1) is 13.9. The average Bonchev–Trinajstić information content (AvgIpc) is 2.83. The summed E-state index contributed by atoms with van der Waals surface area (Å²) in [6.07, 6.45) is 3.48. The Balaban J connectivity index is 1.80. The van der Waals surface area contributed by atoms with Crippen molar-refractivity contribution in [3.05, 3.63) is 41.2 Å². The zero-order chi connectivity index (χ0) is 14.5. The van der Waals surface area contributed by atoms with Crippen molar-refractivity contribution in [3.8, 4) is 5.75 Å². The predicted molar refractivity (Wildman–Crippen MR) is 76.5 cm³/mol. The molecular formula is C14H18N4O2. The highest BCUT2D eigenvalue weighted by molar-refractivity contribution is 5.95. The zero-order valence-corrected chi connectivity index (χ0v) is 11.3. The van der Waals surface area contributed by atoms with Gasteiger partial charge in [-0.3, -0.25) is 9.89 Å². The Morgan fingerprint density at radius 2 is 2.30 bits per heavy atom. The number of aromatic amines is 1. The third kappa shape index (κ3) is 3.28. The number of carbonyl (C=O) groups excluding carboxylic acids is 1. The van der Waals surface area contributed by atoms with Gasteiger partial charge in [0.1, 0.15) is 5.75 Å². The predicted octanol–water partition coefficient (Wildman–Crippen LogP) is 1.37. The average molecular weight is 274 g/mol. The largest absolute Gasteiger partial charge is 0.506 e. The standard InChI is InChI=1S/C14H18N4O2/c1-9-11(8-17-18-9)3-2-6-16-14(20)10-4-5-12(15)13(19)7-10/h4-5,7-8,19H,2-3,6,15H2,1H3,(H,16,20)(H,17,18). The SMILES string of the molecule is Cc1[nH]ncc1CCCNC(=O)c1ccc(N)c(O)c1. The fourth-order valence-electron chi connectivity index (χ4n) is 1.90. The Labute approximate surface area is 117 Å². The maximum Gasteiger partial charge on any atom is 0.251 e. The van der Waals surface area contributed by atoms with Crippen LogP contribution in [0.3, 0.4) is 0 Å². The van der Waals surface area contributed by atoms with Gasteiger partial charge in [0.15, 0.2) is 0 Å². The number of aromatic hydroxyl groups is 1. The number of nitrogens with two attached hydrogens (primary N) is 1. The van der Waals surface area contributed by atoms with Crippen LogP contribution in [0.15, 0.2) is 24.4 Å². The summed E-state index contributed by atoms with van der Waals surface area (Å²) < 4.78 is 0. The van der Waals surface area contributed by atoms with E-state index in [1.54, 1.807) is 12.3 Å². The fourth-order valence-corrected chi connectivity index (χ4v) is 1.90. The van der Waals surface area contributed by atoms with Gasteiger partial charge in [0.05, 0.1) is 11.9 Å². The van der Waals surface area contributed by atoms with E-state index in [-0.39, 0.29) is 17.3 Å². The normalized spacial score (nSPS) is 10.4. The zero-order valence-electron chi connectivity index (χ0n) is 11.3. The lowest BCUT2D eigenvalue weighted by Gasteiger charge is -2.06. The summed E-state index contributed by atoms with van der Waals surface area (Å²) >= 11 is 0. The van der Waals surface area contributed by atoms with Crippen LogP contribution in [0.4, 0.5) is 5.69 Å². The molecule has 20 heavy (non-hydrogen) atoms. The molecule has 0 aliphatic rings. The summed E-state index contributed by atoms with van der Waals surface area (Å²) in [5, 5.41) is 19.1. The van der Waals surface area contributed by atoms with Crippen LogP contribution in [0.5, 0.6) is 5.75 Å². The highest BCUT2D eigenvalue weighted by Crippen LogP contribution is 2.20. The lowest BCUT2D eigenvalue weighted by molar-refractivity contribution is 0.0953. The van der Waals surface area contributed by atoms with Gasteiger partial charge < -0.3 is 16.2 Å². The van der Waals surface area contributed by atoms with Crippen LogP contribution >= 0.6 is 0 Å². The van der Waals surface area contributed by atoms with E-state index in [4.69, 9.17) is 5.73 Å². The number of H-pyrrole nitrogens is 1. The van der Waals surface area contributed by atoms with E-state index in [2.05, 4.69) is 15.5 Å². The Kier molecular flexibility index (Phi) is 4.24. The molecule has 0 bridgehead atoms. The van der Waals surface area contributed by atoms with Crippen molar-refractivity contribution in [1.82, 2.24) is 15.5 Å². The summed E-state index contributed by atoms with van der Waals surface area (Å²) in [4.78, 5) is 11.9. The van der Waals surface area contributed by atoms with Crippen molar-refractivity contribution in [2.45, 2.75) is 19.8 Å². The molecule has 0 saturated heterocycles. The highest BCUT2D eigenvalue weighted by atomic mass is 16.3. The Morgan fingerprint density at radius 1 is 1.50 bits per heavy atom. The van der Waals surface area contributed by atoms with Gasteiger partial charge in [0.2, 0.25) is 0 Å². The minimum absolute atomic E-state index is 0.0772. The number of anilines is 1. The van der Waals surface area contributed by atoms with Crippen LogP contribution in [0, 0.1) is 6.92 Å². The molecule has 1 aromatic carbocycles.